The van der Waals surface area contributed by atoms with Crippen LogP contribution in [0.1, 0.15) is 42.7 Å². The van der Waals surface area contributed by atoms with Crippen molar-refractivity contribution in [1.29, 1.82) is 0 Å². The van der Waals surface area contributed by atoms with Crippen LogP contribution in [0, 0.1) is 0 Å². The summed E-state index contributed by atoms with van der Waals surface area (Å²) < 4.78 is 46.2. The summed E-state index contributed by atoms with van der Waals surface area (Å²) in [6.07, 6.45) is 10.5. The van der Waals surface area contributed by atoms with E-state index in [1.807, 2.05) is 12.4 Å². The Balaban J connectivity index is 1.35. The fourth-order valence-corrected chi connectivity index (χ4v) is 7.52. The number of hydrogen-bond donors (Lipinski definition) is 1. The van der Waals surface area contributed by atoms with E-state index in [0.717, 1.165) is 75.1 Å². The fraction of sp³-hybridized carbons (Fsp3) is 0.452. The molecular formula is C31H39N5O5S. The summed E-state index contributed by atoms with van der Waals surface area (Å²) in [4.78, 5) is 7.26. The van der Waals surface area contributed by atoms with Crippen molar-refractivity contribution in [1.82, 2.24) is 18.9 Å². The van der Waals surface area contributed by atoms with Gasteiger partial charge in [0.05, 0.1) is 31.3 Å². The molecule has 0 amide bonds. The first-order chi connectivity index (χ1) is 20.4. The Hall–Kier alpha value is -3.06. The molecule has 0 unspecified atom stereocenters. The van der Waals surface area contributed by atoms with Crippen molar-refractivity contribution in [2.45, 2.75) is 42.3 Å². The van der Waals surface area contributed by atoms with Gasteiger partial charge in [0.25, 0.3) is 10.0 Å². The Morgan fingerprint density at radius 1 is 1.12 bits per heavy atom. The number of nitrogens with two attached hydrogens (primary N) is 1. The van der Waals surface area contributed by atoms with Gasteiger partial charge in [-0.2, -0.15) is 0 Å². The molecule has 1 aliphatic carbocycles. The van der Waals surface area contributed by atoms with E-state index in [9.17, 15) is 8.42 Å². The molecule has 3 aliphatic rings. The molecule has 3 aromatic rings. The average molecular weight is 594 g/mol. The molecule has 0 radical (unpaired) electrons. The zero-order valence-electron chi connectivity index (χ0n) is 23.9. The number of morpholine rings is 1. The van der Waals surface area contributed by atoms with E-state index >= 15 is 0 Å². The van der Waals surface area contributed by atoms with Crippen LogP contribution in [0.5, 0.6) is 0 Å². The molecule has 2 aromatic heterocycles. The van der Waals surface area contributed by atoms with Crippen LogP contribution < -0.4 is 5.84 Å². The van der Waals surface area contributed by atoms with Gasteiger partial charge in [-0.1, -0.05) is 30.9 Å². The van der Waals surface area contributed by atoms with E-state index in [1.54, 1.807) is 47.6 Å². The third kappa shape index (κ3) is 5.90. The second-order valence-electron chi connectivity index (χ2n) is 11.2. The van der Waals surface area contributed by atoms with Crippen LogP contribution in [0.2, 0.25) is 0 Å². The van der Waals surface area contributed by atoms with Gasteiger partial charge in [0.15, 0.2) is 11.4 Å². The first kappa shape index (κ1) is 29.0. The van der Waals surface area contributed by atoms with E-state index in [4.69, 9.17) is 25.0 Å². The predicted octanol–water partition coefficient (Wildman–Crippen LogP) is 3.71. The van der Waals surface area contributed by atoms with Gasteiger partial charge < -0.3 is 19.2 Å². The van der Waals surface area contributed by atoms with Crippen molar-refractivity contribution < 1.29 is 22.6 Å². The van der Waals surface area contributed by atoms with Crippen LogP contribution in [0.25, 0.3) is 16.6 Å². The SMILES string of the molecule is C=C/C(=C\N(N)CCN1CCOCC1)c1cn(S(=O)(=O)c2ccccc2)c2ncc(C3CCC4(CC3)OCCO4)cc12. The van der Waals surface area contributed by atoms with E-state index < -0.39 is 15.8 Å². The number of aromatic nitrogens is 2. The summed E-state index contributed by atoms with van der Waals surface area (Å²) in [5.74, 6) is 6.25. The normalized spacial score (nSPS) is 20.4. The molecule has 11 heteroatoms. The number of allylic oxidation sites excluding steroid dienone is 2. The molecule has 10 nitrogen and oxygen atoms in total. The zero-order chi connectivity index (χ0) is 29.2. The Morgan fingerprint density at radius 2 is 1.83 bits per heavy atom. The number of benzene rings is 1. The highest BCUT2D eigenvalue weighted by molar-refractivity contribution is 7.90. The lowest BCUT2D eigenvalue weighted by Gasteiger charge is -2.35. The van der Waals surface area contributed by atoms with Crippen LogP contribution in [0.4, 0.5) is 0 Å². The van der Waals surface area contributed by atoms with Crippen molar-refractivity contribution in [2.24, 2.45) is 5.84 Å². The lowest BCUT2D eigenvalue weighted by atomic mass is 9.81. The largest absolute Gasteiger partial charge is 0.379 e. The van der Waals surface area contributed by atoms with Crippen molar-refractivity contribution in [3.63, 3.8) is 0 Å². The second kappa shape index (κ2) is 12.3. The number of fused-ring (bicyclic) bond motifs is 1. The molecule has 1 aromatic carbocycles. The second-order valence-corrected chi connectivity index (χ2v) is 13.0. The molecule has 3 fully saturated rings. The summed E-state index contributed by atoms with van der Waals surface area (Å²) in [6, 6.07) is 10.5. The molecule has 2 saturated heterocycles. The van der Waals surface area contributed by atoms with Crippen LogP contribution in [-0.4, -0.2) is 85.7 Å². The summed E-state index contributed by atoms with van der Waals surface area (Å²) in [7, 11) is -3.90. The van der Waals surface area contributed by atoms with Crippen molar-refractivity contribution in [2.75, 3.05) is 52.6 Å². The molecule has 224 valence electrons. The molecule has 42 heavy (non-hydrogen) atoms. The first-order valence-electron chi connectivity index (χ1n) is 14.6. The third-order valence-corrected chi connectivity index (χ3v) is 10.2. The van der Waals surface area contributed by atoms with E-state index in [2.05, 4.69) is 17.5 Å². The van der Waals surface area contributed by atoms with Gasteiger partial charge >= 0.3 is 0 Å². The first-order valence-corrected chi connectivity index (χ1v) is 16.1. The molecule has 6 rings (SSSR count). The summed E-state index contributed by atoms with van der Waals surface area (Å²) in [6.45, 7) is 9.96. The molecule has 0 atom stereocenters. The minimum atomic E-state index is -3.90. The van der Waals surface area contributed by atoms with Gasteiger partial charge in [-0.05, 0) is 42.5 Å². The van der Waals surface area contributed by atoms with E-state index in [0.29, 0.717) is 31.0 Å². The fourth-order valence-electron chi connectivity index (χ4n) is 6.17. The topological polar surface area (TPSA) is 112 Å². The van der Waals surface area contributed by atoms with E-state index in [-0.39, 0.29) is 10.8 Å². The maximum Gasteiger partial charge on any atom is 0.269 e. The minimum absolute atomic E-state index is 0.198. The highest BCUT2D eigenvalue weighted by atomic mass is 32.2. The maximum absolute atomic E-state index is 13.8. The van der Waals surface area contributed by atoms with E-state index in [1.165, 1.54) is 3.97 Å². The minimum Gasteiger partial charge on any atom is -0.379 e. The smallest absolute Gasteiger partial charge is 0.269 e. The number of rotatable bonds is 9. The zero-order valence-corrected chi connectivity index (χ0v) is 24.7. The van der Waals surface area contributed by atoms with Gasteiger partial charge in [0, 0.05) is 74.1 Å². The standard InChI is InChI=1S/C31H39N5O5S/c1-2-24(22-35(32)13-12-34-14-16-39-17-15-34)29-23-36(42(37,38)27-6-4-3-5-7-27)30-28(29)20-26(21-33-30)25-8-10-31(11-9-25)40-18-19-41-31/h2-7,20-23,25H,1,8-19,32H2/b24-22+. The molecular weight excluding hydrogens is 554 g/mol. The number of pyridine rings is 1. The highest BCUT2D eigenvalue weighted by Crippen LogP contribution is 2.43. The van der Waals surface area contributed by atoms with Crippen molar-refractivity contribution >= 4 is 26.6 Å². The Morgan fingerprint density at radius 3 is 2.52 bits per heavy atom. The lowest BCUT2D eigenvalue weighted by molar-refractivity contribution is -0.178. The Labute approximate surface area is 247 Å². The monoisotopic (exact) mass is 593 g/mol. The van der Waals surface area contributed by atoms with Gasteiger partial charge in [0.1, 0.15) is 0 Å². The maximum atomic E-state index is 13.8. The molecule has 2 N–H and O–H groups in total. The van der Waals surface area contributed by atoms with Crippen molar-refractivity contribution in [3.05, 3.63) is 78.8 Å². The number of hydrazine groups is 1. The Bertz CT molecular complexity index is 1530. The average Bonchev–Trinajstić information content (AvgIpc) is 3.65. The van der Waals surface area contributed by atoms with Crippen LogP contribution in [0.3, 0.4) is 0 Å². The van der Waals surface area contributed by atoms with Gasteiger partial charge in [0.2, 0.25) is 0 Å². The number of ether oxygens (including phenoxy) is 3. The molecule has 2 aliphatic heterocycles. The Kier molecular flexibility index (Phi) is 8.49. The van der Waals surface area contributed by atoms with Crippen molar-refractivity contribution in [3.8, 4) is 0 Å². The number of hydrogen-bond acceptors (Lipinski definition) is 9. The van der Waals surface area contributed by atoms with Gasteiger partial charge in [-0.25, -0.2) is 23.2 Å². The third-order valence-electron chi connectivity index (χ3n) is 8.58. The van der Waals surface area contributed by atoms with Crippen LogP contribution in [-0.2, 0) is 24.2 Å². The summed E-state index contributed by atoms with van der Waals surface area (Å²) in [5, 5.41) is 2.38. The lowest BCUT2D eigenvalue weighted by Crippen LogP contribution is -2.41. The number of nitrogens with zero attached hydrogens (tertiary/aromatic N) is 4. The van der Waals surface area contributed by atoms with Crippen LogP contribution >= 0.6 is 0 Å². The van der Waals surface area contributed by atoms with Gasteiger partial charge in [-0.15, -0.1) is 0 Å². The highest BCUT2D eigenvalue weighted by Gasteiger charge is 2.40. The molecule has 1 spiro atoms. The molecule has 0 bridgehead atoms. The summed E-state index contributed by atoms with van der Waals surface area (Å²) in [5.41, 5.74) is 2.88. The molecule has 4 heterocycles. The predicted molar refractivity (Wildman–Crippen MR) is 161 cm³/mol. The van der Waals surface area contributed by atoms with Gasteiger partial charge in [-0.3, -0.25) is 4.90 Å². The summed E-state index contributed by atoms with van der Waals surface area (Å²) >= 11 is 0. The molecule has 1 saturated carbocycles. The quantitative estimate of drug-likeness (QED) is 0.225. The van der Waals surface area contributed by atoms with Crippen LogP contribution in [0.15, 0.2) is 72.5 Å².